The third kappa shape index (κ3) is 7.71. The SMILES string of the molecule is NCCCNCC(F)(F)F. The van der Waals surface area contributed by atoms with Gasteiger partial charge in [-0.1, -0.05) is 0 Å². The average molecular weight is 156 g/mol. The number of nitrogens with two attached hydrogens (primary N) is 1. The van der Waals surface area contributed by atoms with Gasteiger partial charge in [0.2, 0.25) is 0 Å². The van der Waals surface area contributed by atoms with Crippen LogP contribution < -0.4 is 11.1 Å². The Labute approximate surface area is 57.6 Å². The second kappa shape index (κ2) is 4.51. The molecule has 0 saturated carbocycles. The van der Waals surface area contributed by atoms with Crippen LogP contribution in [0.15, 0.2) is 0 Å². The summed E-state index contributed by atoms with van der Waals surface area (Å²) in [5.74, 6) is 0. The van der Waals surface area contributed by atoms with Gasteiger partial charge in [-0.15, -0.1) is 0 Å². The quantitative estimate of drug-likeness (QED) is 0.581. The molecule has 0 fully saturated rings. The molecule has 0 heterocycles. The van der Waals surface area contributed by atoms with Gasteiger partial charge in [0.25, 0.3) is 0 Å². The Bertz CT molecular complexity index is 81.5. The maximum atomic E-state index is 11.4. The molecule has 62 valence electrons. The Morgan fingerprint density at radius 1 is 1.30 bits per heavy atom. The molecule has 0 atom stereocenters. The molecule has 0 bridgehead atoms. The molecule has 0 aliphatic carbocycles. The van der Waals surface area contributed by atoms with E-state index in [1.807, 2.05) is 0 Å². The summed E-state index contributed by atoms with van der Waals surface area (Å²) >= 11 is 0. The highest BCUT2D eigenvalue weighted by Gasteiger charge is 2.25. The largest absolute Gasteiger partial charge is 0.401 e. The topological polar surface area (TPSA) is 38.0 Å². The molecule has 0 aromatic carbocycles. The van der Waals surface area contributed by atoms with Crippen LogP contribution >= 0.6 is 0 Å². The third-order valence-corrected chi connectivity index (χ3v) is 0.883. The van der Waals surface area contributed by atoms with E-state index in [9.17, 15) is 13.2 Å². The predicted octanol–water partition coefficient (Wildman–Crippen LogP) is 0.487. The summed E-state index contributed by atoms with van der Waals surface area (Å²) in [6.07, 6.45) is -3.52. The Kier molecular flexibility index (Phi) is 4.38. The number of halogens is 3. The lowest BCUT2D eigenvalue weighted by Crippen LogP contribution is -2.30. The van der Waals surface area contributed by atoms with E-state index in [4.69, 9.17) is 5.73 Å². The molecule has 5 heteroatoms. The minimum Gasteiger partial charge on any atom is -0.330 e. The molecule has 0 radical (unpaired) electrons. The van der Waals surface area contributed by atoms with Crippen molar-refractivity contribution in [2.45, 2.75) is 12.6 Å². The molecule has 2 nitrogen and oxygen atoms in total. The summed E-state index contributed by atoms with van der Waals surface area (Å²) in [4.78, 5) is 0. The Balaban J connectivity index is 3.04. The Hall–Kier alpha value is -0.290. The van der Waals surface area contributed by atoms with Crippen molar-refractivity contribution in [3.63, 3.8) is 0 Å². The zero-order chi connectivity index (χ0) is 8.04. The highest BCUT2D eigenvalue weighted by atomic mass is 19.4. The second-order valence-electron chi connectivity index (χ2n) is 1.93. The van der Waals surface area contributed by atoms with Gasteiger partial charge >= 0.3 is 6.18 Å². The average Bonchev–Trinajstić information content (AvgIpc) is 1.78. The van der Waals surface area contributed by atoms with Crippen LogP contribution in [-0.4, -0.2) is 25.8 Å². The van der Waals surface area contributed by atoms with Gasteiger partial charge in [0, 0.05) is 0 Å². The van der Waals surface area contributed by atoms with E-state index in [-0.39, 0.29) is 0 Å². The number of rotatable bonds is 4. The minimum absolute atomic E-state index is 0.329. The van der Waals surface area contributed by atoms with Crippen LogP contribution in [-0.2, 0) is 0 Å². The molecule has 0 saturated heterocycles. The molecule has 0 spiro atoms. The van der Waals surface area contributed by atoms with Crippen LogP contribution in [0.4, 0.5) is 13.2 Å². The Morgan fingerprint density at radius 3 is 2.30 bits per heavy atom. The first-order chi connectivity index (χ1) is 4.56. The highest BCUT2D eigenvalue weighted by molar-refractivity contribution is 4.55. The normalized spacial score (nSPS) is 12.0. The van der Waals surface area contributed by atoms with Crippen LogP contribution in [0.3, 0.4) is 0 Å². The smallest absolute Gasteiger partial charge is 0.330 e. The van der Waals surface area contributed by atoms with Gasteiger partial charge < -0.3 is 11.1 Å². The van der Waals surface area contributed by atoms with Gasteiger partial charge in [-0.05, 0) is 19.5 Å². The predicted molar refractivity (Wildman–Crippen MR) is 32.6 cm³/mol. The van der Waals surface area contributed by atoms with Crippen molar-refractivity contribution >= 4 is 0 Å². The molecule has 0 amide bonds. The van der Waals surface area contributed by atoms with Gasteiger partial charge in [-0.25, -0.2) is 0 Å². The summed E-state index contributed by atoms with van der Waals surface area (Å²) in [5.41, 5.74) is 5.06. The van der Waals surface area contributed by atoms with Crippen LogP contribution in [0.25, 0.3) is 0 Å². The molecule has 3 N–H and O–H groups in total. The van der Waals surface area contributed by atoms with Crippen molar-refractivity contribution < 1.29 is 13.2 Å². The molecule has 0 aromatic heterocycles. The van der Waals surface area contributed by atoms with Crippen LogP contribution in [0, 0.1) is 0 Å². The fourth-order valence-electron chi connectivity index (χ4n) is 0.457. The summed E-state index contributed by atoms with van der Waals surface area (Å²) in [6, 6.07) is 0. The maximum absolute atomic E-state index is 11.4. The van der Waals surface area contributed by atoms with E-state index in [1.54, 1.807) is 0 Å². The van der Waals surface area contributed by atoms with Crippen molar-refractivity contribution in [3.8, 4) is 0 Å². The molecule has 0 unspecified atom stereocenters. The first-order valence-corrected chi connectivity index (χ1v) is 3.04. The van der Waals surface area contributed by atoms with E-state index in [2.05, 4.69) is 5.32 Å². The molecular weight excluding hydrogens is 145 g/mol. The third-order valence-electron chi connectivity index (χ3n) is 0.883. The number of hydrogen-bond donors (Lipinski definition) is 2. The number of alkyl halides is 3. The first-order valence-electron chi connectivity index (χ1n) is 3.04. The summed E-state index contributed by atoms with van der Waals surface area (Å²) in [7, 11) is 0. The zero-order valence-corrected chi connectivity index (χ0v) is 5.54. The van der Waals surface area contributed by atoms with E-state index in [0.717, 1.165) is 0 Å². The standard InChI is InChI=1S/C5H11F3N2/c6-5(7,8)4-10-3-1-2-9/h10H,1-4,9H2. The van der Waals surface area contributed by atoms with Crippen molar-refractivity contribution in [2.75, 3.05) is 19.6 Å². The van der Waals surface area contributed by atoms with E-state index in [1.165, 1.54) is 0 Å². The van der Waals surface area contributed by atoms with Crippen LogP contribution in [0.5, 0.6) is 0 Å². The zero-order valence-electron chi connectivity index (χ0n) is 5.54. The maximum Gasteiger partial charge on any atom is 0.401 e. The van der Waals surface area contributed by atoms with Gasteiger partial charge in [0.1, 0.15) is 0 Å². The Morgan fingerprint density at radius 2 is 1.90 bits per heavy atom. The lowest BCUT2D eigenvalue weighted by molar-refractivity contribution is -0.124. The first kappa shape index (κ1) is 9.71. The van der Waals surface area contributed by atoms with Gasteiger partial charge in [-0.3, -0.25) is 0 Å². The number of nitrogens with one attached hydrogen (secondary N) is 1. The lowest BCUT2D eigenvalue weighted by atomic mass is 10.4. The second-order valence-corrected chi connectivity index (χ2v) is 1.93. The highest BCUT2D eigenvalue weighted by Crippen LogP contribution is 2.11. The van der Waals surface area contributed by atoms with Gasteiger partial charge in [0.05, 0.1) is 6.54 Å². The van der Waals surface area contributed by atoms with Crippen molar-refractivity contribution in [3.05, 3.63) is 0 Å². The van der Waals surface area contributed by atoms with Crippen molar-refractivity contribution in [1.29, 1.82) is 0 Å². The molecule has 0 aromatic rings. The fraction of sp³-hybridized carbons (Fsp3) is 1.00. The molecule has 10 heavy (non-hydrogen) atoms. The summed E-state index contributed by atoms with van der Waals surface area (Å²) < 4.78 is 34.2. The minimum atomic E-state index is -4.10. The lowest BCUT2D eigenvalue weighted by Gasteiger charge is -2.06. The van der Waals surface area contributed by atoms with Gasteiger partial charge in [-0.2, -0.15) is 13.2 Å². The molecule has 0 aliphatic rings. The van der Waals surface area contributed by atoms with Crippen LogP contribution in [0.2, 0.25) is 0 Å². The molecular formula is C5H11F3N2. The van der Waals surface area contributed by atoms with Gasteiger partial charge in [0.15, 0.2) is 0 Å². The van der Waals surface area contributed by atoms with Crippen molar-refractivity contribution in [1.82, 2.24) is 5.32 Å². The fourth-order valence-corrected chi connectivity index (χ4v) is 0.457. The summed E-state index contributed by atoms with van der Waals surface area (Å²) in [5, 5.41) is 2.22. The molecule has 0 aliphatic heterocycles. The number of hydrogen-bond acceptors (Lipinski definition) is 2. The molecule has 0 rings (SSSR count). The van der Waals surface area contributed by atoms with E-state index in [0.29, 0.717) is 19.5 Å². The van der Waals surface area contributed by atoms with E-state index >= 15 is 0 Å². The monoisotopic (exact) mass is 156 g/mol. The van der Waals surface area contributed by atoms with E-state index < -0.39 is 12.7 Å². The summed E-state index contributed by atoms with van der Waals surface area (Å²) in [6.45, 7) is -0.173. The van der Waals surface area contributed by atoms with Crippen molar-refractivity contribution in [2.24, 2.45) is 5.73 Å². The van der Waals surface area contributed by atoms with Crippen LogP contribution in [0.1, 0.15) is 6.42 Å².